The smallest absolute Gasteiger partial charge is 0.275 e. The Kier molecular flexibility index (Phi) is 4.64. The van der Waals surface area contributed by atoms with Gasteiger partial charge >= 0.3 is 0 Å². The summed E-state index contributed by atoms with van der Waals surface area (Å²) >= 11 is 2.99. The average Bonchev–Trinajstić information content (AvgIpc) is 3.31. The number of thiophene rings is 1. The minimum Gasteiger partial charge on any atom is -0.487 e. The van der Waals surface area contributed by atoms with Crippen molar-refractivity contribution in [3.63, 3.8) is 0 Å². The summed E-state index contributed by atoms with van der Waals surface area (Å²) < 4.78 is 7.23. The van der Waals surface area contributed by atoms with E-state index in [4.69, 9.17) is 4.74 Å². The van der Waals surface area contributed by atoms with Crippen molar-refractivity contribution in [2.24, 2.45) is 0 Å². The molecule has 4 rings (SSSR count). The van der Waals surface area contributed by atoms with E-state index in [9.17, 15) is 4.79 Å². The molecule has 130 valence electrons. The van der Waals surface area contributed by atoms with Gasteiger partial charge in [-0.25, -0.2) is 4.98 Å². The van der Waals surface area contributed by atoms with Crippen LogP contribution >= 0.6 is 22.7 Å². The molecule has 0 bridgehead atoms. The molecule has 0 saturated carbocycles. The average molecular weight is 381 g/mol. The largest absolute Gasteiger partial charge is 0.487 e. The Morgan fingerprint density at radius 1 is 1.23 bits per heavy atom. The van der Waals surface area contributed by atoms with Crippen molar-refractivity contribution in [1.29, 1.82) is 0 Å². The first-order valence-corrected chi connectivity index (χ1v) is 9.69. The number of nitrogens with zero attached hydrogens (tertiary/aromatic N) is 3. The van der Waals surface area contributed by atoms with Crippen LogP contribution in [-0.4, -0.2) is 14.6 Å². The Hall–Kier alpha value is -2.77. The SMILES string of the molecule is C=CCc1ccccc1OCc1cc(=O)n2nc(-c3cccs3)sc2n1. The number of hydrogen-bond donors (Lipinski definition) is 0. The van der Waals surface area contributed by atoms with E-state index in [0.717, 1.165) is 27.6 Å². The van der Waals surface area contributed by atoms with Crippen LogP contribution in [0.1, 0.15) is 11.3 Å². The summed E-state index contributed by atoms with van der Waals surface area (Å²) in [4.78, 5) is 18.5. The summed E-state index contributed by atoms with van der Waals surface area (Å²) in [5.74, 6) is 0.776. The maximum absolute atomic E-state index is 12.4. The molecule has 3 aromatic heterocycles. The number of aromatic nitrogens is 3. The van der Waals surface area contributed by atoms with Crippen molar-refractivity contribution in [2.75, 3.05) is 0 Å². The van der Waals surface area contributed by atoms with Gasteiger partial charge in [-0.05, 0) is 29.5 Å². The molecule has 0 fully saturated rings. The molecule has 0 spiro atoms. The van der Waals surface area contributed by atoms with Crippen LogP contribution in [0.25, 0.3) is 14.8 Å². The molecule has 5 nitrogen and oxygen atoms in total. The quantitative estimate of drug-likeness (QED) is 0.470. The summed E-state index contributed by atoms with van der Waals surface area (Å²) in [6.45, 7) is 4.00. The maximum atomic E-state index is 12.4. The predicted molar refractivity (Wildman–Crippen MR) is 105 cm³/mol. The van der Waals surface area contributed by atoms with Crippen molar-refractivity contribution in [3.8, 4) is 15.6 Å². The molecule has 0 aliphatic rings. The van der Waals surface area contributed by atoms with Crippen LogP contribution in [0.4, 0.5) is 0 Å². The number of benzene rings is 1. The molecule has 26 heavy (non-hydrogen) atoms. The normalized spacial score (nSPS) is 10.9. The van der Waals surface area contributed by atoms with Crippen LogP contribution < -0.4 is 10.3 Å². The molecule has 7 heteroatoms. The second-order valence-corrected chi connectivity index (χ2v) is 7.46. The summed E-state index contributed by atoms with van der Waals surface area (Å²) in [6.07, 6.45) is 2.56. The summed E-state index contributed by atoms with van der Waals surface area (Å²) in [5.41, 5.74) is 1.44. The van der Waals surface area contributed by atoms with E-state index in [1.807, 2.05) is 47.9 Å². The van der Waals surface area contributed by atoms with Crippen LogP contribution in [0.3, 0.4) is 0 Å². The van der Waals surface area contributed by atoms with Gasteiger partial charge in [0.2, 0.25) is 4.96 Å². The fourth-order valence-corrected chi connectivity index (χ4v) is 4.27. The topological polar surface area (TPSA) is 56.5 Å². The van der Waals surface area contributed by atoms with E-state index >= 15 is 0 Å². The lowest BCUT2D eigenvalue weighted by atomic mass is 10.1. The van der Waals surface area contributed by atoms with Crippen LogP contribution in [0.5, 0.6) is 5.75 Å². The minimum atomic E-state index is -0.202. The predicted octanol–water partition coefficient (Wildman–Crippen LogP) is 4.19. The standard InChI is InChI=1S/C19H15N3O2S2/c1-2-6-13-7-3-4-8-15(13)24-12-14-11-17(23)22-19(20-14)26-18(21-22)16-9-5-10-25-16/h2-5,7-11H,1,6,12H2. The number of fused-ring (bicyclic) bond motifs is 1. The highest BCUT2D eigenvalue weighted by atomic mass is 32.1. The van der Waals surface area contributed by atoms with E-state index in [-0.39, 0.29) is 12.2 Å². The summed E-state index contributed by atoms with van der Waals surface area (Å²) in [5, 5.41) is 7.15. The number of ether oxygens (including phenoxy) is 1. The van der Waals surface area contributed by atoms with Crippen molar-refractivity contribution in [2.45, 2.75) is 13.0 Å². The Labute approximate surface area is 157 Å². The van der Waals surface area contributed by atoms with Gasteiger partial charge in [0.25, 0.3) is 5.56 Å². The summed E-state index contributed by atoms with van der Waals surface area (Å²) in [6, 6.07) is 13.2. The first kappa shape index (κ1) is 16.7. The fraction of sp³-hybridized carbons (Fsp3) is 0.105. The van der Waals surface area contributed by atoms with E-state index in [1.165, 1.54) is 21.9 Å². The first-order valence-electron chi connectivity index (χ1n) is 8.00. The van der Waals surface area contributed by atoms with Gasteiger partial charge in [0.1, 0.15) is 12.4 Å². The molecule has 0 atom stereocenters. The second kappa shape index (κ2) is 7.23. The molecule has 4 aromatic rings. The molecule has 1 aromatic carbocycles. The Morgan fingerprint density at radius 2 is 2.12 bits per heavy atom. The summed E-state index contributed by atoms with van der Waals surface area (Å²) in [7, 11) is 0. The van der Waals surface area contributed by atoms with Crippen LogP contribution in [0.2, 0.25) is 0 Å². The third kappa shape index (κ3) is 3.31. The van der Waals surface area contributed by atoms with E-state index < -0.39 is 0 Å². The maximum Gasteiger partial charge on any atom is 0.275 e. The molecule has 0 radical (unpaired) electrons. The number of allylic oxidation sites excluding steroid dienone is 1. The third-order valence-corrected chi connectivity index (χ3v) is 5.69. The van der Waals surface area contributed by atoms with Gasteiger partial charge in [0.05, 0.1) is 10.6 Å². The van der Waals surface area contributed by atoms with E-state index in [0.29, 0.717) is 10.7 Å². The Balaban J connectivity index is 1.61. The van der Waals surface area contributed by atoms with Crippen LogP contribution in [0.15, 0.2) is 65.3 Å². The van der Waals surface area contributed by atoms with E-state index in [2.05, 4.69) is 16.7 Å². The Morgan fingerprint density at radius 3 is 2.92 bits per heavy atom. The highest BCUT2D eigenvalue weighted by Crippen LogP contribution is 2.28. The van der Waals surface area contributed by atoms with Crippen LogP contribution in [0, 0.1) is 0 Å². The molecule has 0 amide bonds. The van der Waals surface area contributed by atoms with Gasteiger partial charge in [0.15, 0.2) is 5.01 Å². The zero-order chi connectivity index (χ0) is 17.9. The molecule has 0 aliphatic carbocycles. The lowest BCUT2D eigenvalue weighted by Crippen LogP contribution is -2.16. The minimum absolute atomic E-state index is 0.202. The second-order valence-electron chi connectivity index (χ2n) is 5.55. The van der Waals surface area contributed by atoms with Crippen molar-refractivity contribution in [3.05, 3.63) is 82.1 Å². The van der Waals surface area contributed by atoms with Gasteiger partial charge in [-0.15, -0.1) is 17.9 Å². The first-order chi connectivity index (χ1) is 12.7. The lowest BCUT2D eigenvalue weighted by Gasteiger charge is -2.09. The molecule has 0 saturated heterocycles. The van der Waals surface area contributed by atoms with E-state index in [1.54, 1.807) is 11.3 Å². The molecule has 3 heterocycles. The van der Waals surface area contributed by atoms with Gasteiger partial charge < -0.3 is 4.74 Å². The van der Waals surface area contributed by atoms with Crippen molar-refractivity contribution < 1.29 is 4.74 Å². The van der Waals surface area contributed by atoms with Gasteiger partial charge in [-0.3, -0.25) is 4.79 Å². The van der Waals surface area contributed by atoms with Crippen molar-refractivity contribution in [1.82, 2.24) is 14.6 Å². The Bertz CT molecular complexity index is 1110. The lowest BCUT2D eigenvalue weighted by molar-refractivity contribution is 0.298. The third-order valence-electron chi connectivity index (χ3n) is 3.74. The zero-order valence-electron chi connectivity index (χ0n) is 13.8. The highest BCUT2D eigenvalue weighted by Gasteiger charge is 2.12. The molecule has 0 N–H and O–H groups in total. The fourth-order valence-electron chi connectivity index (χ4n) is 2.55. The van der Waals surface area contributed by atoms with Gasteiger partial charge in [-0.1, -0.05) is 41.7 Å². The molecular weight excluding hydrogens is 366 g/mol. The monoisotopic (exact) mass is 381 g/mol. The number of hydrogen-bond acceptors (Lipinski definition) is 6. The van der Waals surface area contributed by atoms with Crippen molar-refractivity contribution >= 4 is 27.6 Å². The zero-order valence-corrected chi connectivity index (χ0v) is 15.4. The number of para-hydroxylation sites is 1. The highest BCUT2D eigenvalue weighted by molar-refractivity contribution is 7.23. The van der Waals surface area contributed by atoms with Crippen LogP contribution in [-0.2, 0) is 13.0 Å². The van der Waals surface area contributed by atoms with Gasteiger partial charge in [-0.2, -0.15) is 9.61 Å². The number of rotatable bonds is 6. The molecular formula is C19H15N3O2S2. The molecule has 0 unspecified atom stereocenters. The van der Waals surface area contributed by atoms with Gasteiger partial charge in [0, 0.05) is 6.07 Å². The molecule has 0 aliphatic heterocycles.